The first-order chi connectivity index (χ1) is 26.9. The number of piperazine rings is 1. The maximum atomic E-state index is 13.3. The molecule has 57 heavy (non-hydrogen) atoms. The largest absolute Gasteiger partial charge is 0.489 e. The summed E-state index contributed by atoms with van der Waals surface area (Å²) >= 11 is 6.23. The van der Waals surface area contributed by atoms with Crippen molar-refractivity contribution < 1.29 is 29.0 Å². The number of benzene rings is 1. The van der Waals surface area contributed by atoms with Gasteiger partial charge in [-0.05, 0) is 68.0 Å². The van der Waals surface area contributed by atoms with E-state index in [2.05, 4.69) is 31.1 Å². The van der Waals surface area contributed by atoms with Crippen molar-refractivity contribution in [1.29, 1.82) is 5.26 Å². The van der Waals surface area contributed by atoms with E-state index < -0.39 is 40.5 Å². The van der Waals surface area contributed by atoms with Gasteiger partial charge in [-0.3, -0.25) is 19.4 Å². The fraction of sp³-hybridized carbons (Fsp3) is 0.651. The van der Waals surface area contributed by atoms with Gasteiger partial charge in [-0.2, -0.15) is 5.26 Å². The van der Waals surface area contributed by atoms with E-state index >= 15 is 0 Å². The van der Waals surface area contributed by atoms with Crippen LogP contribution in [0.3, 0.4) is 0 Å². The maximum Gasteiger partial charge on any atom is 0.340 e. The number of amides is 2. The van der Waals surface area contributed by atoms with Crippen LogP contribution in [0, 0.1) is 33.5 Å². The van der Waals surface area contributed by atoms with E-state index in [0.717, 1.165) is 64.5 Å². The SMILES string of the molecule is CC(C)(C)[C@H](NC(=O)CN1CCC(CN2CCN(c3ccc(C(=O)O[C@H]4C(C)(C)[C@H](Oc5ccc(C#N)c(Cl)c5)C4(C)C)cn3)CC2)CC1)C(=O)N1CC[C@@H](O)C1. The zero-order valence-electron chi connectivity index (χ0n) is 34.6. The number of hydrogen-bond donors (Lipinski definition) is 2. The standard InChI is InChI=1S/C43H60ClN7O6/c1-41(2,3)36(37(54)51-17-14-31(52)26-51)47-35(53)27-48-15-12-28(13-16-48)25-49-18-20-50(21-19-49)34-11-9-30(24-46-34)38(55)57-40-42(4,5)39(43(40,6)7)56-32-10-8-29(23-45)33(44)22-32/h8-11,22,24,28,31,36,39-40,52H,12-21,25-27H2,1-7H3,(H,47,53)/t31-,36-,39-,40-/m1/s1. The number of carbonyl (C=O) groups is 3. The Kier molecular flexibility index (Phi) is 12.8. The molecule has 3 aliphatic heterocycles. The molecule has 13 nitrogen and oxygen atoms in total. The minimum Gasteiger partial charge on any atom is -0.489 e. The average molecular weight is 806 g/mol. The van der Waals surface area contributed by atoms with Gasteiger partial charge in [0.05, 0.1) is 28.8 Å². The summed E-state index contributed by atoms with van der Waals surface area (Å²) in [6.45, 7) is 21.4. The molecule has 0 bridgehead atoms. The van der Waals surface area contributed by atoms with E-state index in [1.165, 1.54) is 0 Å². The molecule has 2 N–H and O–H groups in total. The lowest BCUT2D eigenvalue weighted by Gasteiger charge is -2.61. The number of nitrogens with one attached hydrogen (secondary N) is 1. The van der Waals surface area contributed by atoms with E-state index in [1.807, 2.05) is 54.5 Å². The minimum atomic E-state index is -0.632. The lowest BCUT2D eigenvalue weighted by molar-refractivity contribution is -0.236. The van der Waals surface area contributed by atoms with Crippen LogP contribution in [-0.2, 0) is 14.3 Å². The first-order valence-corrected chi connectivity index (χ1v) is 20.7. The van der Waals surface area contributed by atoms with Crippen molar-refractivity contribution in [3.05, 3.63) is 52.7 Å². The molecule has 0 unspecified atom stereocenters. The number of hydrogen-bond acceptors (Lipinski definition) is 11. The summed E-state index contributed by atoms with van der Waals surface area (Å²) in [5.41, 5.74) is -0.597. The molecule has 4 aliphatic rings. The van der Waals surface area contributed by atoms with Gasteiger partial charge in [-0.25, -0.2) is 9.78 Å². The third-order valence-corrected chi connectivity index (χ3v) is 12.7. The van der Waals surface area contributed by atoms with Gasteiger partial charge in [-0.15, -0.1) is 0 Å². The van der Waals surface area contributed by atoms with Gasteiger partial charge in [0.25, 0.3) is 0 Å². The molecular weight excluding hydrogens is 746 g/mol. The molecule has 6 rings (SSSR count). The summed E-state index contributed by atoms with van der Waals surface area (Å²) in [4.78, 5) is 53.0. The first-order valence-electron chi connectivity index (χ1n) is 20.4. The fourth-order valence-corrected chi connectivity index (χ4v) is 9.62. The van der Waals surface area contributed by atoms with E-state index in [9.17, 15) is 24.8 Å². The fourth-order valence-electron chi connectivity index (χ4n) is 9.40. The molecular formula is C43H60ClN7O6. The Morgan fingerprint density at radius 2 is 1.65 bits per heavy atom. The van der Waals surface area contributed by atoms with Gasteiger partial charge >= 0.3 is 5.97 Å². The molecule has 310 valence electrons. The van der Waals surface area contributed by atoms with Crippen molar-refractivity contribution in [2.75, 3.05) is 70.3 Å². The van der Waals surface area contributed by atoms with E-state index in [-0.39, 0.29) is 24.5 Å². The molecule has 4 fully saturated rings. The summed E-state index contributed by atoms with van der Waals surface area (Å²) in [7, 11) is 0. The molecule has 3 saturated heterocycles. The van der Waals surface area contributed by atoms with E-state index in [4.69, 9.17) is 21.1 Å². The van der Waals surface area contributed by atoms with Crippen LogP contribution >= 0.6 is 11.6 Å². The lowest BCUT2D eigenvalue weighted by atomic mass is 9.51. The third kappa shape index (κ3) is 9.68. The Morgan fingerprint density at radius 3 is 2.21 bits per heavy atom. The summed E-state index contributed by atoms with van der Waals surface area (Å²) in [6, 6.07) is 10.1. The van der Waals surface area contributed by atoms with Crippen LogP contribution in [0.5, 0.6) is 5.75 Å². The molecule has 2 amide bonds. The molecule has 4 heterocycles. The molecule has 1 aromatic carbocycles. The number of aliphatic hydroxyl groups excluding tert-OH is 1. The van der Waals surface area contributed by atoms with Gasteiger partial charge in [0.1, 0.15) is 35.9 Å². The highest BCUT2D eigenvalue weighted by molar-refractivity contribution is 6.31. The number of nitrogens with zero attached hydrogens (tertiary/aromatic N) is 6. The molecule has 0 radical (unpaired) electrons. The van der Waals surface area contributed by atoms with Crippen molar-refractivity contribution in [2.24, 2.45) is 22.2 Å². The number of rotatable bonds is 11. The second-order valence-electron chi connectivity index (χ2n) is 18.7. The Morgan fingerprint density at radius 1 is 0.965 bits per heavy atom. The highest BCUT2D eigenvalue weighted by Crippen LogP contribution is 2.57. The Labute approximate surface area is 342 Å². The zero-order chi connectivity index (χ0) is 41.3. The number of esters is 1. The van der Waals surface area contributed by atoms with Gasteiger partial charge in [0.2, 0.25) is 11.8 Å². The number of carbonyl (C=O) groups excluding carboxylic acids is 3. The molecule has 2 atom stereocenters. The average Bonchev–Trinajstić information content (AvgIpc) is 3.61. The van der Waals surface area contributed by atoms with Crippen LogP contribution in [0.25, 0.3) is 0 Å². The molecule has 14 heteroatoms. The number of halogens is 1. The van der Waals surface area contributed by atoms with Gasteiger partial charge in [0.15, 0.2) is 0 Å². The third-order valence-electron chi connectivity index (χ3n) is 12.4. The van der Waals surface area contributed by atoms with Crippen LogP contribution in [0.15, 0.2) is 36.5 Å². The second-order valence-corrected chi connectivity index (χ2v) is 19.1. The number of likely N-dealkylation sites (tertiary alicyclic amines) is 2. The van der Waals surface area contributed by atoms with Gasteiger partial charge in [-0.1, -0.05) is 60.1 Å². The Balaban J connectivity index is 0.915. The number of nitriles is 1. The van der Waals surface area contributed by atoms with E-state index in [0.29, 0.717) is 47.3 Å². The van der Waals surface area contributed by atoms with Gasteiger partial charge < -0.3 is 29.7 Å². The number of aromatic nitrogens is 1. The molecule has 1 saturated carbocycles. The van der Waals surface area contributed by atoms with Crippen LogP contribution < -0.4 is 15.0 Å². The van der Waals surface area contributed by atoms with Crippen molar-refractivity contribution in [3.8, 4) is 11.8 Å². The predicted molar refractivity (Wildman–Crippen MR) is 218 cm³/mol. The monoisotopic (exact) mass is 805 g/mol. The molecule has 0 spiro atoms. The summed E-state index contributed by atoms with van der Waals surface area (Å²) in [6.07, 6.45) is 3.08. The smallest absolute Gasteiger partial charge is 0.340 e. The van der Waals surface area contributed by atoms with Crippen molar-refractivity contribution >= 4 is 35.2 Å². The quantitative estimate of drug-likeness (QED) is 0.307. The van der Waals surface area contributed by atoms with Crippen LogP contribution in [0.4, 0.5) is 5.82 Å². The summed E-state index contributed by atoms with van der Waals surface area (Å²) < 4.78 is 12.4. The Hall–Kier alpha value is -3.96. The van der Waals surface area contributed by atoms with Crippen LogP contribution in [0.2, 0.25) is 5.02 Å². The van der Waals surface area contributed by atoms with E-state index in [1.54, 1.807) is 35.4 Å². The number of pyridine rings is 1. The number of piperidine rings is 1. The maximum absolute atomic E-state index is 13.3. The minimum absolute atomic E-state index is 0.119. The highest BCUT2D eigenvalue weighted by atomic mass is 35.5. The normalized spacial score (nSPS) is 24.6. The number of β-amino-alcohol motifs (C(OH)–C–C–N with tert-alkyl or cyclic N) is 1. The van der Waals surface area contributed by atoms with Crippen molar-refractivity contribution in [1.82, 2.24) is 25.0 Å². The van der Waals surface area contributed by atoms with Gasteiger partial charge in [0, 0.05) is 68.9 Å². The van der Waals surface area contributed by atoms with Crippen molar-refractivity contribution in [2.45, 2.75) is 92.1 Å². The zero-order valence-corrected chi connectivity index (χ0v) is 35.3. The Bertz CT molecular complexity index is 1790. The summed E-state index contributed by atoms with van der Waals surface area (Å²) in [5.74, 6) is 1.30. The topological polar surface area (TPSA) is 152 Å². The number of aliphatic hydroxyl groups is 1. The van der Waals surface area contributed by atoms with Crippen LogP contribution in [0.1, 0.15) is 83.7 Å². The molecule has 1 aromatic heterocycles. The summed E-state index contributed by atoms with van der Waals surface area (Å²) in [5, 5.41) is 22.5. The predicted octanol–water partition coefficient (Wildman–Crippen LogP) is 4.60. The molecule has 1 aliphatic carbocycles. The molecule has 2 aromatic rings. The number of ether oxygens (including phenoxy) is 2. The highest BCUT2D eigenvalue weighted by Gasteiger charge is 2.66. The van der Waals surface area contributed by atoms with Crippen LogP contribution in [-0.4, -0.2) is 132 Å². The lowest BCUT2D eigenvalue weighted by Crippen LogP contribution is -2.70. The second kappa shape index (κ2) is 17.1. The first kappa shape index (κ1) is 42.6. The number of anilines is 1. The van der Waals surface area contributed by atoms with Crippen molar-refractivity contribution in [3.63, 3.8) is 0 Å².